The standard InChI is InChI=1S/C10H18N4O/c1-14-7-12-13-10(14)5-6-11-8-3-2-4-9(8)15/h7-9,11,15H,2-6H2,1H3/t8-,9-/m1/s1. The number of nitrogens with one attached hydrogen (secondary N) is 1. The van der Waals surface area contributed by atoms with Crippen molar-refractivity contribution in [3.05, 3.63) is 12.2 Å². The van der Waals surface area contributed by atoms with E-state index >= 15 is 0 Å². The van der Waals surface area contributed by atoms with E-state index in [2.05, 4.69) is 15.5 Å². The van der Waals surface area contributed by atoms with Crippen LogP contribution in [0.25, 0.3) is 0 Å². The molecule has 0 radical (unpaired) electrons. The normalized spacial score (nSPS) is 26.0. The minimum Gasteiger partial charge on any atom is -0.392 e. The predicted octanol–water partition coefficient (Wildman–Crippen LogP) is -0.139. The van der Waals surface area contributed by atoms with Gasteiger partial charge in [-0.2, -0.15) is 0 Å². The Kier molecular flexibility index (Phi) is 3.33. The van der Waals surface area contributed by atoms with E-state index in [0.29, 0.717) is 0 Å². The molecule has 0 unspecified atom stereocenters. The summed E-state index contributed by atoms with van der Waals surface area (Å²) >= 11 is 0. The summed E-state index contributed by atoms with van der Waals surface area (Å²) in [5.41, 5.74) is 0. The Morgan fingerprint density at radius 2 is 2.47 bits per heavy atom. The van der Waals surface area contributed by atoms with Crippen LogP contribution < -0.4 is 5.32 Å². The smallest absolute Gasteiger partial charge is 0.133 e. The Bertz CT molecular complexity index is 312. The van der Waals surface area contributed by atoms with E-state index in [4.69, 9.17) is 0 Å². The summed E-state index contributed by atoms with van der Waals surface area (Å²) in [6.45, 7) is 0.855. The van der Waals surface area contributed by atoms with Crippen molar-refractivity contribution in [2.45, 2.75) is 37.8 Å². The molecule has 15 heavy (non-hydrogen) atoms. The highest BCUT2D eigenvalue weighted by Crippen LogP contribution is 2.18. The number of aliphatic hydroxyl groups is 1. The van der Waals surface area contributed by atoms with Crippen LogP contribution >= 0.6 is 0 Å². The average molecular weight is 210 g/mol. The lowest BCUT2D eigenvalue weighted by Crippen LogP contribution is -2.37. The van der Waals surface area contributed by atoms with Gasteiger partial charge in [0.15, 0.2) is 0 Å². The van der Waals surface area contributed by atoms with Crippen molar-refractivity contribution in [3.8, 4) is 0 Å². The highest BCUT2D eigenvalue weighted by molar-refractivity contribution is 4.87. The number of hydrogen-bond acceptors (Lipinski definition) is 4. The van der Waals surface area contributed by atoms with E-state index in [9.17, 15) is 5.11 Å². The second kappa shape index (κ2) is 4.72. The lowest BCUT2D eigenvalue weighted by Gasteiger charge is -2.15. The zero-order chi connectivity index (χ0) is 10.7. The molecular formula is C10H18N4O. The summed E-state index contributed by atoms with van der Waals surface area (Å²) in [5, 5.41) is 20.8. The zero-order valence-corrected chi connectivity index (χ0v) is 9.06. The first-order chi connectivity index (χ1) is 7.27. The monoisotopic (exact) mass is 210 g/mol. The van der Waals surface area contributed by atoms with Crippen molar-refractivity contribution in [2.24, 2.45) is 7.05 Å². The number of rotatable bonds is 4. The van der Waals surface area contributed by atoms with Crippen LogP contribution in [0.2, 0.25) is 0 Å². The molecule has 1 fully saturated rings. The Labute approximate surface area is 89.5 Å². The molecule has 1 saturated carbocycles. The van der Waals surface area contributed by atoms with Gasteiger partial charge >= 0.3 is 0 Å². The Hall–Kier alpha value is -0.940. The van der Waals surface area contributed by atoms with Gasteiger partial charge in [0.1, 0.15) is 12.2 Å². The quantitative estimate of drug-likeness (QED) is 0.726. The highest BCUT2D eigenvalue weighted by Gasteiger charge is 2.24. The van der Waals surface area contributed by atoms with Gasteiger partial charge in [-0.15, -0.1) is 10.2 Å². The highest BCUT2D eigenvalue weighted by atomic mass is 16.3. The number of nitrogens with zero attached hydrogens (tertiary/aromatic N) is 3. The van der Waals surface area contributed by atoms with E-state index < -0.39 is 0 Å². The summed E-state index contributed by atoms with van der Waals surface area (Å²) in [6.07, 6.45) is 5.55. The van der Waals surface area contributed by atoms with Crippen LogP contribution in [0.3, 0.4) is 0 Å². The number of aryl methyl sites for hydroxylation is 1. The zero-order valence-electron chi connectivity index (χ0n) is 9.06. The first kappa shape index (κ1) is 10.6. The first-order valence-corrected chi connectivity index (χ1v) is 5.51. The molecule has 0 spiro atoms. The van der Waals surface area contributed by atoms with E-state index in [-0.39, 0.29) is 12.1 Å². The third-order valence-electron chi connectivity index (χ3n) is 3.04. The summed E-state index contributed by atoms with van der Waals surface area (Å²) < 4.78 is 1.92. The molecule has 1 heterocycles. The van der Waals surface area contributed by atoms with Gasteiger partial charge in [0.2, 0.25) is 0 Å². The van der Waals surface area contributed by atoms with Gasteiger partial charge in [0, 0.05) is 26.1 Å². The first-order valence-electron chi connectivity index (χ1n) is 5.51. The maximum Gasteiger partial charge on any atom is 0.133 e. The van der Waals surface area contributed by atoms with Gasteiger partial charge in [-0.3, -0.25) is 0 Å². The third kappa shape index (κ3) is 2.54. The fraction of sp³-hybridized carbons (Fsp3) is 0.800. The largest absolute Gasteiger partial charge is 0.392 e. The molecule has 2 N–H and O–H groups in total. The van der Waals surface area contributed by atoms with E-state index in [1.54, 1.807) is 6.33 Å². The molecule has 84 valence electrons. The third-order valence-corrected chi connectivity index (χ3v) is 3.04. The minimum absolute atomic E-state index is 0.163. The fourth-order valence-corrected chi connectivity index (χ4v) is 2.08. The maximum atomic E-state index is 9.61. The van der Waals surface area contributed by atoms with E-state index in [0.717, 1.165) is 38.1 Å². The van der Waals surface area contributed by atoms with Crippen LogP contribution in [0.5, 0.6) is 0 Å². The van der Waals surface area contributed by atoms with Gasteiger partial charge in [-0.1, -0.05) is 0 Å². The van der Waals surface area contributed by atoms with Crippen molar-refractivity contribution in [3.63, 3.8) is 0 Å². The molecule has 1 aromatic rings. The number of hydrogen-bond donors (Lipinski definition) is 2. The van der Waals surface area contributed by atoms with Crippen LogP contribution in [0, 0.1) is 0 Å². The second-order valence-electron chi connectivity index (χ2n) is 4.17. The minimum atomic E-state index is -0.163. The molecule has 0 bridgehead atoms. The molecule has 0 aliphatic heterocycles. The average Bonchev–Trinajstić information content (AvgIpc) is 2.78. The van der Waals surface area contributed by atoms with Crippen molar-refractivity contribution < 1.29 is 5.11 Å². The van der Waals surface area contributed by atoms with Crippen LogP contribution in [0.15, 0.2) is 6.33 Å². The Balaban J connectivity index is 1.73. The fourth-order valence-electron chi connectivity index (χ4n) is 2.08. The second-order valence-corrected chi connectivity index (χ2v) is 4.17. The number of aromatic nitrogens is 3. The molecular weight excluding hydrogens is 192 g/mol. The molecule has 0 aromatic carbocycles. The van der Waals surface area contributed by atoms with Gasteiger partial charge in [-0.05, 0) is 19.3 Å². The molecule has 2 rings (SSSR count). The maximum absolute atomic E-state index is 9.61. The summed E-state index contributed by atoms with van der Waals surface area (Å²) in [5.74, 6) is 0.981. The van der Waals surface area contributed by atoms with Gasteiger partial charge < -0.3 is 15.0 Å². The van der Waals surface area contributed by atoms with Crippen molar-refractivity contribution >= 4 is 0 Å². The van der Waals surface area contributed by atoms with Crippen molar-refractivity contribution in [1.82, 2.24) is 20.1 Å². The van der Waals surface area contributed by atoms with Crippen molar-refractivity contribution in [1.29, 1.82) is 0 Å². The lowest BCUT2D eigenvalue weighted by atomic mass is 10.2. The molecule has 5 nitrogen and oxygen atoms in total. The molecule has 0 amide bonds. The summed E-state index contributed by atoms with van der Waals surface area (Å²) in [7, 11) is 1.94. The Morgan fingerprint density at radius 1 is 1.60 bits per heavy atom. The van der Waals surface area contributed by atoms with Crippen LogP contribution in [-0.4, -0.2) is 38.6 Å². The van der Waals surface area contributed by atoms with Crippen molar-refractivity contribution in [2.75, 3.05) is 6.54 Å². The van der Waals surface area contributed by atoms with Crippen LogP contribution in [-0.2, 0) is 13.5 Å². The summed E-state index contributed by atoms with van der Waals surface area (Å²) in [6, 6.07) is 0.276. The molecule has 5 heteroatoms. The topological polar surface area (TPSA) is 63.0 Å². The van der Waals surface area contributed by atoms with E-state index in [1.165, 1.54) is 0 Å². The molecule has 1 aromatic heterocycles. The summed E-state index contributed by atoms with van der Waals surface area (Å²) in [4.78, 5) is 0. The lowest BCUT2D eigenvalue weighted by molar-refractivity contribution is 0.149. The van der Waals surface area contributed by atoms with Crippen LogP contribution in [0.1, 0.15) is 25.1 Å². The molecule has 0 saturated heterocycles. The van der Waals surface area contributed by atoms with Crippen LogP contribution in [0.4, 0.5) is 0 Å². The molecule has 1 aliphatic carbocycles. The number of aliphatic hydroxyl groups excluding tert-OH is 1. The SMILES string of the molecule is Cn1cnnc1CCN[C@@H]1CCC[C@H]1O. The molecule has 2 atom stereocenters. The van der Waals surface area contributed by atoms with E-state index in [1.807, 2.05) is 11.6 Å². The Morgan fingerprint density at radius 3 is 3.07 bits per heavy atom. The van der Waals surface area contributed by atoms with Gasteiger partial charge in [0.25, 0.3) is 0 Å². The predicted molar refractivity (Wildman–Crippen MR) is 56.4 cm³/mol. The van der Waals surface area contributed by atoms with Gasteiger partial charge in [-0.25, -0.2) is 0 Å². The van der Waals surface area contributed by atoms with Gasteiger partial charge in [0.05, 0.1) is 6.10 Å². The molecule has 1 aliphatic rings.